The third-order valence-electron chi connectivity index (χ3n) is 2.95. The molecule has 1 aliphatic rings. The molecule has 1 fully saturated rings. The Kier molecular flexibility index (Phi) is 3.66. The van der Waals surface area contributed by atoms with Crippen molar-refractivity contribution in [1.29, 1.82) is 0 Å². The summed E-state index contributed by atoms with van der Waals surface area (Å²) in [5.74, 6) is 0.0839. The smallest absolute Gasteiger partial charge is 0.306 e. The molecule has 1 aliphatic heterocycles. The number of carboxylic acids is 1. The summed E-state index contributed by atoms with van der Waals surface area (Å²) in [4.78, 5) is 13.0. The van der Waals surface area contributed by atoms with Crippen molar-refractivity contribution < 1.29 is 14.3 Å². The minimum absolute atomic E-state index is 0.167. The van der Waals surface area contributed by atoms with E-state index in [0.29, 0.717) is 0 Å². The van der Waals surface area contributed by atoms with E-state index in [1.54, 1.807) is 0 Å². The molecule has 0 radical (unpaired) electrons. The fourth-order valence-corrected chi connectivity index (χ4v) is 2.34. The summed E-state index contributed by atoms with van der Waals surface area (Å²) in [6.45, 7) is 2.42. The van der Waals surface area contributed by atoms with E-state index in [1.165, 1.54) is 0 Å². The van der Waals surface area contributed by atoms with Gasteiger partial charge in [0, 0.05) is 0 Å². The number of likely N-dealkylation sites (tertiary alicyclic amines) is 1. The zero-order valence-corrected chi connectivity index (χ0v) is 10.4. The first kappa shape index (κ1) is 11.7. The predicted molar refractivity (Wildman–Crippen MR) is 62.0 cm³/mol. The quantitative estimate of drug-likeness (QED) is 0.927. The Morgan fingerprint density at radius 2 is 2.19 bits per heavy atom. The van der Waals surface area contributed by atoms with Crippen LogP contribution in [0.5, 0.6) is 0 Å². The molecule has 4 nitrogen and oxygen atoms in total. The van der Waals surface area contributed by atoms with Gasteiger partial charge in [-0.05, 0) is 54.0 Å². The highest BCUT2D eigenvalue weighted by Crippen LogP contribution is 2.21. The lowest BCUT2D eigenvalue weighted by atomic mass is 9.97. The minimum atomic E-state index is -0.666. The summed E-state index contributed by atoms with van der Waals surface area (Å²) in [6, 6.07) is 3.81. The van der Waals surface area contributed by atoms with E-state index in [0.717, 1.165) is 42.9 Å². The van der Waals surface area contributed by atoms with Crippen LogP contribution >= 0.6 is 15.9 Å². The van der Waals surface area contributed by atoms with Crippen molar-refractivity contribution in [3.63, 3.8) is 0 Å². The van der Waals surface area contributed by atoms with E-state index < -0.39 is 5.97 Å². The monoisotopic (exact) mass is 287 g/mol. The van der Waals surface area contributed by atoms with Gasteiger partial charge in [-0.1, -0.05) is 0 Å². The first-order valence-electron chi connectivity index (χ1n) is 5.34. The fourth-order valence-electron chi connectivity index (χ4n) is 2.00. The first-order chi connectivity index (χ1) is 7.65. The molecule has 0 spiro atoms. The summed E-state index contributed by atoms with van der Waals surface area (Å²) in [6.07, 6.45) is 1.47. The van der Waals surface area contributed by atoms with Crippen LogP contribution in [-0.4, -0.2) is 29.1 Å². The maximum atomic E-state index is 10.8. The lowest BCUT2D eigenvalue weighted by Gasteiger charge is -2.29. The number of carbonyl (C=O) groups is 1. The Labute approximate surface area is 102 Å². The summed E-state index contributed by atoms with van der Waals surface area (Å²) in [5, 5.41) is 8.87. The molecular weight excluding hydrogens is 274 g/mol. The normalized spacial score (nSPS) is 18.8. The number of nitrogens with zero attached hydrogens (tertiary/aromatic N) is 1. The van der Waals surface area contributed by atoms with Crippen LogP contribution in [-0.2, 0) is 11.3 Å². The largest absolute Gasteiger partial charge is 0.481 e. The van der Waals surface area contributed by atoms with Gasteiger partial charge < -0.3 is 9.52 Å². The number of piperidine rings is 1. The highest BCUT2D eigenvalue weighted by Gasteiger charge is 2.24. The maximum absolute atomic E-state index is 10.8. The van der Waals surface area contributed by atoms with Crippen molar-refractivity contribution in [3.05, 3.63) is 22.6 Å². The molecule has 0 atom stereocenters. The number of aliphatic carboxylic acids is 1. The summed E-state index contributed by atoms with van der Waals surface area (Å²) >= 11 is 3.26. The molecule has 0 aliphatic carbocycles. The van der Waals surface area contributed by atoms with Gasteiger partial charge in [0.25, 0.3) is 0 Å². The van der Waals surface area contributed by atoms with Crippen molar-refractivity contribution in [3.8, 4) is 0 Å². The number of hydrogen-bond donors (Lipinski definition) is 1. The van der Waals surface area contributed by atoms with Gasteiger partial charge in [0.15, 0.2) is 4.67 Å². The Hall–Kier alpha value is -0.810. The standard InChI is InChI=1S/C11H14BrNO3/c12-10-2-1-9(16-10)7-13-5-3-8(4-6-13)11(14)15/h1-2,8H,3-7H2,(H,14,15). The molecule has 0 saturated carbocycles. The van der Waals surface area contributed by atoms with Crippen LogP contribution in [0.3, 0.4) is 0 Å². The Morgan fingerprint density at radius 3 is 2.69 bits per heavy atom. The van der Waals surface area contributed by atoms with Crippen molar-refractivity contribution in [2.45, 2.75) is 19.4 Å². The fraction of sp³-hybridized carbons (Fsp3) is 0.545. The molecule has 5 heteroatoms. The summed E-state index contributed by atoms with van der Waals surface area (Å²) in [7, 11) is 0. The maximum Gasteiger partial charge on any atom is 0.306 e. The molecule has 1 saturated heterocycles. The van der Waals surface area contributed by atoms with Crippen LogP contribution < -0.4 is 0 Å². The van der Waals surface area contributed by atoms with E-state index >= 15 is 0 Å². The first-order valence-corrected chi connectivity index (χ1v) is 6.14. The predicted octanol–water partition coefficient (Wildman–Crippen LogP) is 2.34. The van der Waals surface area contributed by atoms with Crippen molar-refractivity contribution in [2.24, 2.45) is 5.92 Å². The van der Waals surface area contributed by atoms with Crippen molar-refractivity contribution >= 4 is 21.9 Å². The molecule has 0 amide bonds. The Bertz CT molecular complexity index is 369. The highest BCUT2D eigenvalue weighted by atomic mass is 79.9. The molecule has 2 heterocycles. The molecule has 0 bridgehead atoms. The molecule has 1 aromatic heterocycles. The topological polar surface area (TPSA) is 53.7 Å². The average Bonchev–Trinajstić information content (AvgIpc) is 2.65. The van der Waals surface area contributed by atoms with E-state index in [9.17, 15) is 4.79 Å². The zero-order valence-electron chi connectivity index (χ0n) is 8.86. The minimum Gasteiger partial charge on any atom is -0.481 e. The Balaban J connectivity index is 1.83. The molecule has 1 N–H and O–H groups in total. The summed E-state index contributed by atoms with van der Waals surface area (Å²) < 4.78 is 6.16. The molecule has 1 aromatic rings. The molecule has 88 valence electrons. The molecule has 16 heavy (non-hydrogen) atoms. The number of carboxylic acid groups (broad SMARTS) is 1. The third-order valence-corrected chi connectivity index (χ3v) is 3.37. The van der Waals surface area contributed by atoms with Crippen LogP contribution in [0, 0.1) is 5.92 Å². The average molecular weight is 288 g/mol. The lowest BCUT2D eigenvalue weighted by Crippen LogP contribution is -2.35. The van der Waals surface area contributed by atoms with Gasteiger partial charge in [-0.3, -0.25) is 9.69 Å². The SMILES string of the molecule is O=C(O)C1CCN(Cc2ccc(Br)o2)CC1. The van der Waals surface area contributed by atoms with Gasteiger partial charge in [-0.25, -0.2) is 0 Å². The lowest BCUT2D eigenvalue weighted by molar-refractivity contribution is -0.143. The highest BCUT2D eigenvalue weighted by molar-refractivity contribution is 9.10. The van der Waals surface area contributed by atoms with Gasteiger partial charge in [-0.2, -0.15) is 0 Å². The molecule has 2 rings (SSSR count). The van der Waals surface area contributed by atoms with E-state index in [-0.39, 0.29) is 5.92 Å². The molecular formula is C11H14BrNO3. The van der Waals surface area contributed by atoms with Crippen LogP contribution in [0.1, 0.15) is 18.6 Å². The second kappa shape index (κ2) is 5.01. The van der Waals surface area contributed by atoms with Crippen LogP contribution in [0.4, 0.5) is 0 Å². The zero-order chi connectivity index (χ0) is 11.5. The Morgan fingerprint density at radius 1 is 1.50 bits per heavy atom. The number of halogens is 1. The molecule has 0 unspecified atom stereocenters. The van der Waals surface area contributed by atoms with E-state index in [1.807, 2.05) is 12.1 Å². The van der Waals surface area contributed by atoms with Crippen LogP contribution in [0.2, 0.25) is 0 Å². The van der Waals surface area contributed by atoms with Crippen molar-refractivity contribution in [1.82, 2.24) is 4.90 Å². The number of rotatable bonds is 3. The van der Waals surface area contributed by atoms with Crippen LogP contribution in [0.15, 0.2) is 21.2 Å². The third kappa shape index (κ3) is 2.86. The van der Waals surface area contributed by atoms with Crippen LogP contribution in [0.25, 0.3) is 0 Å². The second-order valence-corrected chi connectivity index (χ2v) is 4.88. The van der Waals surface area contributed by atoms with Crippen molar-refractivity contribution in [2.75, 3.05) is 13.1 Å². The number of hydrogen-bond acceptors (Lipinski definition) is 3. The van der Waals surface area contributed by atoms with Gasteiger partial charge in [-0.15, -0.1) is 0 Å². The van der Waals surface area contributed by atoms with E-state index in [2.05, 4.69) is 20.8 Å². The summed E-state index contributed by atoms with van der Waals surface area (Å²) in [5.41, 5.74) is 0. The second-order valence-electron chi connectivity index (χ2n) is 4.09. The van der Waals surface area contributed by atoms with E-state index in [4.69, 9.17) is 9.52 Å². The number of furan rings is 1. The van der Waals surface area contributed by atoms with Gasteiger partial charge >= 0.3 is 5.97 Å². The van der Waals surface area contributed by atoms with Gasteiger partial charge in [0.05, 0.1) is 12.5 Å². The molecule has 0 aromatic carbocycles. The van der Waals surface area contributed by atoms with Gasteiger partial charge in [0.1, 0.15) is 5.76 Å². The van der Waals surface area contributed by atoms with Gasteiger partial charge in [0.2, 0.25) is 0 Å².